The van der Waals surface area contributed by atoms with Crippen LogP contribution in [0.4, 0.5) is 0 Å². The van der Waals surface area contributed by atoms with Crippen LogP contribution in [0.1, 0.15) is 46.0 Å². The molecule has 3 rings (SSSR count). The first-order valence-corrected chi connectivity index (χ1v) is 11.7. The van der Waals surface area contributed by atoms with Gasteiger partial charge in [-0.2, -0.15) is 5.10 Å². The lowest BCUT2D eigenvalue weighted by molar-refractivity contribution is -0.120. The molecular weight excluding hydrogens is 482 g/mol. The van der Waals surface area contributed by atoms with Gasteiger partial charge in [0.1, 0.15) is 11.5 Å². The van der Waals surface area contributed by atoms with Gasteiger partial charge in [-0.1, -0.05) is 24.9 Å². The van der Waals surface area contributed by atoms with Gasteiger partial charge >= 0.3 is 5.97 Å². The first kappa shape index (κ1) is 26.4. The second kappa shape index (κ2) is 13.7. The number of amides is 2. The number of carbonyl (C=O) groups is 3. The van der Waals surface area contributed by atoms with Crippen LogP contribution in [0.3, 0.4) is 0 Å². The third-order valence-corrected chi connectivity index (χ3v) is 5.12. The van der Waals surface area contributed by atoms with E-state index in [4.69, 9.17) is 21.1 Å². The zero-order valence-electron chi connectivity index (χ0n) is 19.7. The van der Waals surface area contributed by atoms with Crippen LogP contribution in [0, 0.1) is 0 Å². The number of benzene rings is 3. The minimum atomic E-state index is -0.501. The summed E-state index contributed by atoms with van der Waals surface area (Å²) in [6.45, 7) is 2.48. The zero-order valence-corrected chi connectivity index (χ0v) is 20.5. The first-order chi connectivity index (χ1) is 17.4. The van der Waals surface area contributed by atoms with Crippen LogP contribution in [-0.4, -0.2) is 37.1 Å². The van der Waals surface area contributed by atoms with Gasteiger partial charge in [0.05, 0.1) is 24.9 Å². The van der Waals surface area contributed by atoms with Gasteiger partial charge < -0.3 is 14.8 Å². The number of nitrogens with one attached hydrogen (secondary N) is 2. The van der Waals surface area contributed by atoms with Crippen molar-refractivity contribution in [1.29, 1.82) is 0 Å². The molecule has 2 amide bonds. The van der Waals surface area contributed by atoms with Gasteiger partial charge in [-0.15, -0.1) is 0 Å². The van der Waals surface area contributed by atoms with Crippen LogP contribution < -0.4 is 20.2 Å². The van der Waals surface area contributed by atoms with E-state index in [1.165, 1.54) is 6.21 Å². The molecule has 0 saturated carbocycles. The van der Waals surface area contributed by atoms with E-state index in [1.807, 2.05) is 0 Å². The van der Waals surface area contributed by atoms with Gasteiger partial charge in [0.25, 0.3) is 11.8 Å². The Labute approximate surface area is 214 Å². The summed E-state index contributed by atoms with van der Waals surface area (Å²) < 4.78 is 10.9. The molecule has 0 fully saturated rings. The monoisotopic (exact) mass is 507 g/mol. The van der Waals surface area contributed by atoms with Gasteiger partial charge in [0.15, 0.2) is 0 Å². The Balaban J connectivity index is 1.40. The maximum atomic E-state index is 12.2. The maximum absolute atomic E-state index is 12.2. The lowest BCUT2D eigenvalue weighted by atomic mass is 10.2. The number of hydrazone groups is 1. The molecule has 0 aromatic heterocycles. The normalized spacial score (nSPS) is 10.6. The molecule has 9 heteroatoms. The van der Waals surface area contributed by atoms with E-state index in [0.717, 1.165) is 12.8 Å². The molecule has 0 aliphatic carbocycles. The highest BCUT2D eigenvalue weighted by atomic mass is 35.5. The lowest BCUT2D eigenvalue weighted by Gasteiger charge is -2.07. The molecule has 36 heavy (non-hydrogen) atoms. The van der Waals surface area contributed by atoms with E-state index in [1.54, 1.807) is 72.8 Å². The predicted molar refractivity (Wildman–Crippen MR) is 138 cm³/mol. The molecule has 0 aliphatic rings. The Hall–Kier alpha value is -4.17. The summed E-state index contributed by atoms with van der Waals surface area (Å²) in [6, 6.07) is 19.7. The smallest absolute Gasteiger partial charge is 0.343 e. The highest BCUT2D eigenvalue weighted by molar-refractivity contribution is 6.30. The molecule has 0 radical (unpaired) electrons. The van der Waals surface area contributed by atoms with Crippen molar-refractivity contribution in [2.75, 3.05) is 13.2 Å². The van der Waals surface area contributed by atoms with E-state index in [9.17, 15) is 14.4 Å². The number of esters is 1. The minimum absolute atomic E-state index is 0.232. The highest BCUT2D eigenvalue weighted by Gasteiger charge is 2.09. The topological polar surface area (TPSA) is 106 Å². The number of rotatable bonds is 11. The highest BCUT2D eigenvalue weighted by Crippen LogP contribution is 2.16. The van der Waals surface area contributed by atoms with Crippen LogP contribution in [-0.2, 0) is 4.79 Å². The van der Waals surface area contributed by atoms with Crippen molar-refractivity contribution in [1.82, 2.24) is 10.7 Å². The molecule has 8 nitrogen and oxygen atoms in total. The summed E-state index contributed by atoms with van der Waals surface area (Å²) in [6.07, 6.45) is 3.44. The Morgan fingerprint density at radius 1 is 0.889 bits per heavy atom. The SMILES string of the molecule is CCCCOc1ccc(C(=O)NCC(=O)N/N=C\c2ccc(OC(=O)c3ccc(Cl)cc3)cc2)cc1. The van der Waals surface area contributed by atoms with E-state index < -0.39 is 11.9 Å². The second-order valence-electron chi connectivity index (χ2n) is 7.67. The van der Waals surface area contributed by atoms with Gasteiger partial charge in [0.2, 0.25) is 0 Å². The molecule has 0 spiro atoms. The average molecular weight is 508 g/mol. The Morgan fingerprint density at radius 2 is 1.53 bits per heavy atom. The Kier molecular flexibility index (Phi) is 10.0. The lowest BCUT2D eigenvalue weighted by Crippen LogP contribution is -2.34. The molecular formula is C27H26ClN3O5. The maximum Gasteiger partial charge on any atom is 0.343 e. The average Bonchev–Trinajstić information content (AvgIpc) is 2.89. The fourth-order valence-electron chi connectivity index (χ4n) is 2.89. The number of carbonyl (C=O) groups excluding carboxylic acids is 3. The molecule has 0 atom stereocenters. The molecule has 0 heterocycles. The Morgan fingerprint density at radius 3 is 2.19 bits per heavy atom. The summed E-state index contributed by atoms with van der Waals surface area (Å²) in [4.78, 5) is 36.3. The molecule has 0 unspecified atom stereocenters. The van der Waals surface area contributed by atoms with Gasteiger partial charge in [-0.05, 0) is 84.8 Å². The molecule has 2 N–H and O–H groups in total. The fourth-order valence-corrected chi connectivity index (χ4v) is 3.02. The van der Waals surface area contributed by atoms with Crippen molar-refractivity contribution in [3.8, 4) is 11.5 Å². The van der Waals surface area contributed by atoms with Gasteiger partial charge in [-0.3, -0.25) is 9.59 Å². The third kappa shape index (κ3) is 8.56. The largest absolute Gasteiger partial charge is 0.494 e. The van der Waals surface area contributed by atoms with Crippen molar-refractivity contribution in [3.05, 3.63) is 94.5 Å². The number of unbranched alkanes of at least 4 members (excludes halogenated alkanes) is 1. The van der Waals surface area contributed by atoms with Crippen LogP contribution in [0.15, 0.2) is 77.9 Å². The number of hydrogen-bond donors (Lipinski definition) is 2. The fraction of sp³-hybridized carbons (Fsp3) is 0.185. The summed E-state index contributed by atoms with van der Waals surface area (Å²) in [5, 5.41) is 6.94. The number of ether oxygens (including phenoxy) is 2. The van der Waals surface area contributed by atoms with E-state index in [2.05, 4.69) is 22.8 Å². The van der Waals surface area contributed by atoms with E-state index >= 15 is 0 Å². The molecule has 0 aliphatic heterocycles. The molecule has 0 bridgehead atoms. The predicted octanol–water partition coefficient (Wildman–Crippen LogP) is 4.62. The standard InChI is InChI=1S/C27H26ClN3O5/c1-2-3-16-35-23-14-8-20(9-15-23)26(33)29-18-25(32)31-30-17-19-4-12-24(13-5-19)36-27(34)21-6-10-22(28)11-7-21/h4-15,17H,2-3,16,18H2,1H3,(H,29,33)(H,31,32)/b30-17-. The minimum Gasteiger partial charge on any atom is -0.494 e. The second-order valence-corrected chi connectivity index (χ2v) is 8.10. The van der Waals surface area contributed by atoms with Crippen LogP contribution >= 0.6 is 11.6 Å². The van der Waals surface area contributed by atoms with Crippen LogP contribution in [0.5, 0.6) is 11.5 Å². The van der Waals surface area contributed by atoms with Gasteiger partial charge in [0, 0.05) is 10.6 Å². The summed E-state index contributed by atoms with van der Waals surface area (Å²) in [5.41, 5.74) is 3.83. The van der Waals surface area contributed by atoms with Crippen molar-refractivity contribution in [3.63, 3.8) is 0 Å². The summed E-state index contributed by atoms with van der Waals surface area (Å²) in [7, 11) is 0. The molecule has 0 saturated heterocycles. The summed E-state index contributed by atoms with van der Waals surface area (Å²) in [5.74, 6) is -0.302. The molecule has 3 aromatic rings. The van der Waals surface area contributed by atoms with E-state index in [0.29, 0.717) is 39.8 Å². The van der Waals surface area contributed by atoms with Crippen LogP contribution in [0.2, 0.25) is 5.02 Å². The molecule has 3 aromatic carbocycles. The van der Waals surface area contributed by atoms with Crippen molar-refractivity contribution >= 4 is 35.6 Å². The van der Waals surface area contributed by atoms with Crippen molar-refractivity contribution in [2.24, 2.45) is 5.10 Å². The number of nitrogens with zero attached hydrogens (tertiary/aromatic N) is 1. The quantitative estimate of drug-likeness (QED) is 0.129. The van der Waals surface area contributed by atoms with Gasteiger partial charge in [-0.25, -0.2) is 10.2 Å². The van der Waals surface area contributed by atoms with E-state index in [-0.39, 0.29) is 12.5 Å². The van der Waals surface area contributed by atoms with Crippen molar-refractivity contribution < 1.29 is 23.9 Å². The molecule has 186 valence electrons. The summed E-state index contributed by atoms with van der Waals surface area (Å²) >= 11 is 5.82. The van der Waals surface area contributed by atoms with Crippen LogP contribution in [0.25, 0.3) is 0 Å². The zero-order chi connectivity index (χ0) is 25.8. The number of hydrogen-bond acceptors (Lipinski definition) is 6. The number of halogens is 1. The Bertz CT molecular complexity index is 1190. The third-order valence-electron chi connectivity index (χ3n) is 4.87. The van der Waals surface area contributed by atoms with Crippen molar-refractivity contribution in [2.45, 2.75) is 19.8 Å². The first-order valence-electron chi connectivity index (χ1n) is 11.4.